The van der Waals surface area contributed by atoms with Gasteiger partial charge >= 0.3 is 6.03 Å². The van der Waals surface area contributed by atoms with Crippen molar-refractivity contribution in [1.29, 1.82) is 0 Å². The van der Waals surface area contributed by atoms with Crippen LogP contribution in [-0.2, 0) is 6.54 Å². The summed E-state index contributed by atoms with van der Waals surface area (Å²) in [4.78, 5) is 16.0. The van der Waals surface area contributed by atoms with E-state index in [0.29, 0.717) is 12.4 Å². The molecule has 0 bridgehead atoms. The number of carbonyl (C=O) groups excluding carboxylic acids is 1. The van der Waals surface area contributed by atoms with Crippen LogP contribution in [0.4, 0.5) is 10.5 Å². The molecule has 0 aliphatic heterocycles. The summed E-state index contributed by atoms with van der Waals surface area (Å²) in [5, 5.41) is 5.63. The second kappa shape index (κ2) is 6.74. The normalized spacial score (nSPS) is 10.0. The van der Waals surface area contributed by atoms with Gasteiger partial charge in [0.2, 0.25) is 5.88 Å². The van der Waals surface area contributed by atoms with Gasteiger partial charge in [-0.05, 0) is 31.5 Å². The molecular weight excluding hydrogens is 266 g/mol. The van der Waals surface area contributed by atoms with E-state index in [2.05, 4.69) is 15.6 Å². The van der Waals surface area contributed by atoms with Crippen LogP contribution in [0.2, 0.25) is 0 Å². The first-order chi connectivity index (χ1) is 10.1. The predicted octanol–water partition coefficient (Wildman–Crippen LogP) is 3.03. The third kappa shape index (κ3) is 3.95. The zero-order chi connectivity index (χ0) is 15.2. The molecule has 0 saturated heterocycles. The summed E-state index contributed by atoms with van der Waals surface area (Å²) in [6.07, 6.45) is 1.65. The number of ether oxygens (including phenoxy) is 1. The van der Waals surface area contributed by atoms with Crippen LogP contribution in [0.5, 0.6) is 5.88 Å². The number of hydrogen-bond acceptors (Lipinski definition) is 3. The molecule has 1 aromatic heterocycles. The van der Waals surface area contributed by atoms with E-state index in [1.165, 1.54) is 5.56 Å². The number of nitrogens with one attached hydrogen (secondary N) is 2. The molecule has 1 heterocycles. The number of carbonyl (C=O) groups is 1. The minimum atomic E-state index is -0.257. The van der Waals surface area contributed by atoms with Crippen molar-refractivity contribution >= 4 is 11.7 Å². The van der Waals surface area contributed by atoms with Gasteiger partial charge in [0, 0.05) is 24.0 Å². The van der Waals surface area contributed by atoms with Gasteiger partial charge < -0.3 is 15.4 Å². The number of nitrogens with zero attached hydrogens (tertiary/aromatic N) is 1. The molecule has 0 radical (unpaired) electrons. The van der Waals surface area contributed by atoms with Gasteiger partial charge in [-0.25, -0.2) is 9.78 Å². The van der Waals surface area contributed by atoms with Crippen molar-refractivity contribution in [2.24, 2.45) is 0 Å². The lowest BCUT2D eigenvalue weighted by atomic mass is 10.1. The highest BCUT2D eigenvalue weighted by molar-refractivity contribution is 5.90. The number of methoxy groups -OCH3 is 1. The van der Waals surface area contributed by atoms with Gasteiger partial charge in [0.25, 0.3) is 0 Å². The lowest BCUT2D eigenvalue weighted by molar-refractivity contribution is 0.251. The number of amides is 2. The van der Waals surface area contributed by atoms with E-state index in [1.54, 1.807) is 13.3 Å². The molecule has 0 fully saturated rings. The molecule has 0 unspecified atom stereocenters. The largest absolute Gasteiger partial charge is 0.481 e. The molecule has 110 valence electrons. The molecule has 2 rings (SSSR count). The number of aryl methyl sites for hydroxylation is 2. The molecular formula is C16H19N3O2. The van der Waals surface area contributed by atoms with Gasteiger partial charge in [-0.15, -0.1) is 0 Å². The lowest BCUT2D eigenvalue weighted by Gasteiger charge is -2.11. The van der Waals surface area contributed by atoms with Crippen LogP contribution < -0.4 is 15.4 Å². The monoisotopic (exact) mass is 285 g/mol. The number of pyridine rings is 1. The van der Waals surface area contributed by atoms with E-state index < -0.39 is 0 Å². The molecule has 0 aliphatic carbocycles. The minimum absolute atomic E-state index is 0.257. The van der Waals surface area contributed by atoms with Crippen LogP contribution in [-0.4, -0.2) is 18.1 Å². The van der Waals surface area contributed by atoms with Crippen LogP contribution in [0.25, 0.3) is 0 Å². The predicted molar refractivity (Wildman–Crippen MR) is 82.6 cm³/mol. The van der Waals surface area contributed by atoms with E-state index in [9.17, 15) is 4.79 Å². The SMILES string of the molecule is COc1ncccc1CNC(=O)Nc1ccc(C)cc1C. The summed E-state index contributed by atoms with van der Waals surface area (Å²) in [6, 6.07) is 9.31. The number of hydrogen-bond donors (Lipinski definition) is 2. The Bertz CT molecular complexity index is 641. The van der Waals surface area contributed by atoms with Crippen LogP contribution in [0.15, 0.2) is 36.5 Å². The highest BCUT2D eigenvalue weighted by atomic mass is 16.5. The van der Waals surface area contributed by atoms with Crippen molar-refractivity contribution in [2.45, 2.75) is 20.4 Å². The fourth-order valence-electron chi connectivity index (χ4n) is 2.04. The molecule has 0 spiro atoms. The van der Waals surface area contributed by atoms with E-state index in [-0.39, 0.29) is 6.03 Å². The van der Waals surface area contributed by atoms with Crippen LogP contribution in [0.1, 0.15) is 16.7 Å². The Morgan fingerprint density at radius 1 is 1.29 bits per heavy atom. The summed E-state index contributed by atoms with van der Waals surface area (Å²) in [7, 11) is 1.56. The highest BCUT2D eigenvalue weighted by Crippen LogP contribution is 2.16. The van der Waals surface area contributed by atoms with Crippen molar-refractivity contribution < 1.29 is 9.53 Å². The molecule has 2 aromatic rings. The van der Waals surface area contributed by atoms with E-state index >= 15 is 0 Å². The Balaban J connectivity index is 1.96. The number of urea groups is 1. The average molecular weight is 285 g/mol. The Morgan fingerprint density at radius 2 is 2.10 bits per heavy atom. The molecule has 0 aliphatic rings. The third-order valence-electron chi connectivity index (χ3n) is 3.11. The van der Waals surface area contributed by atoms with Crippen molar-refractivity contribution in [3.05, 3.63) is 53.2 Å². The van der Waals surface area contributed by atoms with Crippen LogP contribution in [0, 0.1) is 13.8 Å². The molecule has 2 amide bonds. The molecule has 0 saturated carbocycles. The minimum Gasteiger partial charge on any atom is -0.481 e. The Kier molecular flexibility index (Phi) is 4.77. The van der Waals surface area contributed by atoms with Gasteiger partial charge in [0.05, 0.1) is 7.11 Å². The summed E-state index contributed by atoms with van der Waals surface area (Å²) < 4.78 is 5.15. The maximum atomic E-state index is 11.9. The molecule has 1 aromatic carbocycles. The first-order valence-electron chi connectivity index (χ1n) is 6.70. The maximum absolute atomic E-state index is 11.9. The van der Waals surface area contributed by atoms with Crippen molar-refractivity contribution in [2.75, 3.05) is 12.4 Å². The van der Waals surface area contributed by atoms with Crippen molar-refractivity contribution in [1.82, 2.24) is 10.3 Å². The average Bonchev–Trinajstić information content (AvgIpc) is 2.48. The molecule has 5 heteroatoms. The summed E-state index contributed by atoms with van der Waals surface area (Å²) >= 11 is 0. The summed E-state index contributed by atoms with van der Waals surface area (Å²) in [6.45, 7) is 4.34. The quantitative estimate of drug-likeness (QED) is 0.907. The highest BCUT2D eigenvalue weighted by Gasteiger charge is 2.07. The van der Waals surface area contributed by atoms with Gasteiger partial charge in [-0.1, -0.05) is 23.8 Å². The molecule has 5 nitrogen and oxygen atoms in total. The smallest absolute Gasteiger partial charge is 0.319 e. The fraction of sp³-hybridized carbons (Fsp3) is 0.250. The Morgan fingerprint density at radius 3 is 2.81 bits per heavy atom. The number of anilines is 1. The van der Waals surface area contributed by atoms with Crippen LogP contribution >= 0.6 is 0 Å². The molecule has 2 N–H and O–H groups in total. The second-order valence-corrected chi connectivity index (χ2v) is 4.80. The van der Waals surface area contributed by atoms with Gasteiger partial charge in [-0.2, -0.15) is 0 Å². The standard InChI is InChI=1S/C16H19N3O2/c1-11-6-7-14(12(2)9-11)19-16(20)18-10-13-5-4-8-17-15(13)21-3/h4-9H,10H2,1-3H3,(H2,18,19,20). The number of rotatable bonds is 4. The van der Waals surface area contributed by atoms with Gasteiger partial charge in [-0.3, -0.25) is 0 Å². The van der Waals surface area contributed by atoms with Crippen molar-refractivity contribution in [3.63, 3.8) is 0 Å². The topological polar surface area (TPSA) is 63.2 Å². The van der Waals surface area contributed by atoms with Crippen LogP contribution in [0.3, 0.4) is 0 Å². The van der Waals surface area contributed by atoms with E-state index in [1.807, 2.05) is 44.2 Å². The van der Waals surface area contributed by atoms with E-state index in [0.717, 1.165) is 16.8 Å². The van der Waals surface area contributed by atoms with Gasteiger partial charge in [0.1, 0.15) is 0 Å². The lowest BCUT2D eigenvalue weighted by Crippen LogP contribution is -2.28. The summed E-state index contributed by atoms with van der Waals surface area (Å²) in [5.74, 6) is 0.518. The van der Waals surface area contributed by atoms with Gasteiger partial charge in [0.15, 0.2) is 0 Å². The fourth-order valence-corrected chi connectivity index (χ4v) is 2.04. The molecule has 0 atom stereocenters. The third-order valence-corrected chi connectivity index (χ3v) is 3.11. The molecule has 21 heavy (non-hydrogen) atoms. The number of benzene rings is 1. The maximum Gasteiger partial charge on any atom is 0.319 e. The first kappa shape index (κ1) is 14.8. The Hall–Kier alpha value is -2.56. The van der Waals surface area contributed by atoms with Crippen molar-refractivity contribution in [3.8, 4) is 5.88 Å². The summed E-state index contributed by atoms with van der Waals surface area (Å²) in [5.41, 5.74) is 3.83. The Labute approximate surface area is 124 Å². The zero-order valence-corrected chi connectivity index (χ0v) is 12.4. The first-order valence-corrected chi connectivity index (χ1v) is 6.70. The zero-order valence-electron chi connectivity index (χ0n) is 12.4. The second-order valence-electron chi connectivity index (χ2n) is 4.80. The van der Waals surface area contributed by atoms with E-state index in [4.69, 9.17) is 4.74 Å². The number of aromatic nitrogens is 1.